The number of rotatable bonds is 0. The molecule has 1 atom stereocenters. The highest BCUT2D eigenvalue weighted by atomic mass is 19.1. The topological polar surface area (TPSA) is 50.1 Å². The average molecular weight is 191 g/mol. The van der Waals surface area contributed by atoms with Gasteiger partial charge in [-0.3, -0.25) is 4.79 Å². The molecule has 1 aromatic carbocycles. The van der Waals surface area contributed by atoms with Crippen molar-refractivity contribution in [1.82, 2.24) is 0 Å². The fourth-order valence-electron chi connectivity index (χ4n) is 1.37. The number of carbonyl (C=O) groups excluding carboxylic acids is 1. The van der Waals surface area contributed by atoms with Crippen LogP contribution >= 0.6 is 0 Å². The minimum atomic E-state index is -0.750. The van der Waals surface area contributed by atoms with Crippen LogP contribution in [0, 0.1) is 17.1 Å². The van der Waals surface area contributed by atoms with E-state index in [0.29, 0.717) is 0 Å². The molecule has 1 unspecified atom stereocenters. The van der Waals surface area contributed by atoms with E-state index < -0.39 is 11.9 Å². The third-order valence-corrected chi connectivity index (χ3v) is 2.03. The maximum absolute atomic E-state index is 12.8. The zero-order valence-corrected chi connectivity index (χ0v) is 7.16. The van der Waals surface area contributed by atoms with Gasteiger partial charge in [-0.2, -0.15) is 5.26 Å². The Morgan fingerprint density at radius 2 is 2.36 bits per heavy atom. The predicted molar refractivity (Wildman–Crippen MR) is 45.4 cm³/mol. The van der Waals surface area contributed by atoms with Crippen LogP contribution < -0.4 is 4.74 Å². The summed E-state index contributed by atoms with van der Waals surface area (Å²) in [5.74, 6) is -0.442. The number of hydrogen-bond acceptors (Lipinski definition) is 3. The number of nitrogens with zero attached hydrogens (tertiary/aromatic N) is 1. The van der Waals surface area contributed by atoms with Gasteiger partial charge < -0.3 is 4.74 Å². The van der Waals surface area contributed by atoms with Crippen molar-refractivity contribution in [2.75, 3.05) is 0 Å². The average Bonchev–Trinajstić information content (AvgIpc) is 2.19. The molecule has 0 spiro atoms. The first-order valence-corrected chi connectivity index (χ1v) is 4.10. The van der Waals surface area contributed by atoms with Crippen LogP contribution in [0.25, 0.3) is 0 Å². The Balaban J connectivity index is 2.46. The second-order valence-electron chi connectivity index (χ2n) is 3.00. The highest BCUT2D eigenvalue weighted by Crippen LogP contribution is 2.27. The van der Waals surface area contributed by atoms with E-state index in [-0.39, 0.29) is 23.5 Å². The molecule has 0 aromatic heterocycles. The predicted octanol–water partition coefficient (Wildman–Crippen LogP) is 1.68. The normalized spacial score (nSPS) is 19.4. The molecule has 2 rings (SSSR count). The molecule has 0 amide bonds. The molecule has 0 bridgehead atoms. The molecule has 1 heterocycles. The largest absolute Gasteiger partial charge is 0.474 e. The number of ketones is 1. The molecule has 1 aliphatic heterocycles. The molecule has 0 N–H and O–H groups in total. The summed E-state index contributed by atoms with van der Waals surface area (Å²) in [5, 5.41) is 8.59. The summed E-state index contributed by atoms with van der Waals surface area (Å²) in [6.45, 7) is 0. The summed E-state index contributed by atoms with van der Waals surface area (Å²) in [4.78, 5) is 11.4. The Kier molecular flexibility index (Phi) is 1.93. The lowest BCUT2D eigenvalue weighted by Crippen LogP contribution is -2.25. The monoisotopic (exact) mass is 191 g/mol. The first-order valence-electron chi connectivity index (χ1n) is 4.10. The first kappa shape index (κ1) is 8.70. The Morgan fingerprint density at radius 3 is 3.07 bits per heavy atom. The van der Waals surface area contributed by atoms with Crippen molar-refractivity contribution in [2.24, 2.45) is 0 Å². The van der Waals surface area contributed by atoms with Gasteiger partial charge in [0.1, 0.15) is 17.6 Å². The number of nitriles is 1. The van der Waals surface area contributed by atoms with Crippen LogP contribution in [0.15, 0.2) is 18.2 Å². The Hall–Kier alpha value is -1.89. The summed E-state index contributed by atoms with van der Waals surface area (Å²) >= 11 is 0. The second-order valence-corrected chi connectivity index (χ2v) is 3.00. The summed E-state index contributed by atoms with van der Waals surface area (Å²) in [6.07, 6.45) is -0.757. The van der Waals surface area contributed by atoms with Gasteiger partial charge in [0.2, 0.25) is 0 Å². The fourth-order valence-corrected chi connectivity index (χ4v) is 1.37. The van der Waals surface area contributed by atoms with Crippen molar-refractivity contribution in [2.45, 2.75) is 12.5 Å². The van der Waals surface area contributed by atoms with Gasteiger partial charge in [0.05, 0.1) is 12.0 Å². The van der Waals surface area contributed by atoms with Crippen molar-refractivity contribution in [3.8, 4) is 11.8 Å². The van der Waals surface area contributed by atoms with Crippen LogP contribution in [0.4, 0.5) is 4.39 Å². The number of hydrogen-bond donors (Lipinski definition) is 0. The Bertz CT molecular complexity index is 436. The van der Waals surface area contributed by atoms with Crippen LogP contribution in [0.3, 0.4) is 0 Å². The molecular weight excluding hydrogens is 185 g/mol. The van der Waals surface area contributed by atoms with E-state index in [0.717, 1.165) is 6.07 Å². The van der Waals surface area contributed by atoms with Crippen LogP contribution in [-0.4, -0.2) is 11.9 Å². The summed E-state index contributed by atoms with van der Waals surface area (Å²) < 4.78 is 17.9. The number of halogens is 1. The maximum Gasteiger partial charge on any atom is 0.191 e. The van der Waals surface area contributed by atoms with Crippen molar-refractivity contribution in [3.05, 3.63) is 29.6 Å². The fraction of sp³-hybridized carbons (Fsp3) is 0.200. The van der Waals surface area contributed by atoms with Gasteiger partial charge >= 0.3 is 0 Å². The van der Waals surface area contributed by atoms with Crippen molar-refractivity contribution in [3.63, 3.8) is 0 Å². The first-order chi connectivity index (χ1) is 6.70. The number of Topliss-reactive ketones (excluding diaryl/α,β-unsaturated/α-hetero) is 1. The molecule has 14 heavy (non-hydrogen) atoms. The van der Waals surface area contributed by atoms with Gasteiger partial charge in [-0.05, 0) is 18.2 Å². The molecule has 1 aromatic rings. The zero-order chi connectivity index (χ0) is 10.1. The smallest absolute Gasteiger partial charge is 0.191 e. The molecule has 0 saturated carbocycles. The lowest BCUT2D eigenvalue weighted by Gasteiger charge is -2.19. The van der Waals surface area contributed by atoms with Crippen LogP contribution in [0.1, 0.15) is 16.8 Å². The summed E-state index contributed by atoms with van der Waals surface area (Å²) in [6, 6.07) is 5.55. The van der Waals surface area contributed by atoms with Gasteiger partial charge in [-0.15, -0.1) is 0 Å². The SMILES string of the molecule is N#CC1CC(=O)c2cc(F)ccc2O1. The van der Waals surface area contributed by atoms with Crippen molar-refractivity contribution in [1.29, 1.82) is 5.26 Å². The number of ether oxygens (including phenoxy) is 1. The van der Waals surface area contributed by atoms with Crippen LogP contribution in [0.5, 0.6) is 5.75 Å². The van der Waals surface area contributed by atoms with Crippen LogP contribution in [-0.2, 0) is 0 Å². The van der Waals surface area contributed by atoms with E-state index in [9.17, 15) is 9.18 Å². The zero-order valence-electron chi connectivity index (χ0n) is 7.16. The molecule has 0 radical (unpaired) electrons. The van der Waals surface area contributed by atoms with Gasteiger partial charge in [0, 0.05) is 0 Å². The highest BCUT2D eigenvalue weighted by Gasteiger charge is 2.26. The van der Waals surface area contributed by atoms with E-state index in [1.165, 1.54) is 12.1 Å². The summed E-state index contributed by atoms with van der Waals surface area (Å²) in [7, 11) is 0. The number of carbonyl (C=O) groups is 1. The third-order valence-electron chi connectivity index (χ3n) is 2.03. The standard InChI is InChI=1S/C10H6FNO2/c11-6-1-2-10-8(3-6)9(13)4-7(5-12)14-10/h1-3,7H,4H2. The third kappa shape index (κ3) is 1.33. The minimum Gasteiger partial charge on any atom is -0.474 e. The van der Waals surface area contributed by atoms with E-state index in [2.05, 4.69) is 0 Å². The van der Waals surface area contributed by atoms with E-state index >= 15 is 0 Å². The van der Waals surface area contributed by atoms with Crippen LogP contribution in [0.2, 0.25) is 0 Å². The lowest BCUT2D eigenvalue weighted by atomic mass is 10.0. The molecule has 0 fully saturated rings. The number of benzene rings is 1. The highest BCUT2D eigenvalue weighted by molar-refractivity contribution is 6.00. The molecule has 70 valence electrons. The Morgan fingerprint density at radius 1 is 1.57 bits per heavy atom. The Labute approximate surface area is 79.7 Å². The molecule has 3 nitrogen and oxygen atoms in total. The molecular formula is C10H6FNO2. The second kappa shape index (κ2) is 3.11. The molecule has 1 aliphatic rings. The van der Waals surface area contributed by atoms with Gasteiger partial charge in [-0.25, -0.2) is 4.39 Å². The van der Waals surface area contributed by atoms with E-state index in [4.69, 9.17) is 10.00 Å². The van der Waals surface area contributed by atoms with Crippen molar-refractivity contribution < 1.29 is 13.9 Å². The van der Waals surface area contributed by atoms with Gasteiger partial charge in [0.25, 0.3) is 0 Å². The molecule has 4 heteroatoms. The maximum atomic E-state index is 12.8. The number of fused-ring (bicyclic) bond motifs is 1. The molecule has 0 saturated heterocycles. The van der Waals surface area contributed by atoms with E-state index in [1.54, 1.807) is 0 Å². The van der Waals surface area contributed by atoms with Gasteiger partial charge in [-0.1, -0.05) is 0 Å². The quantitative estimate of drug-likeness (QED) is 0.626. The van der Waals surface area contributed by atoms with E-state index in [1.807, 2.05) is 6.07 Å². The molecule has 0 aliphatic carbocycles. The van der Waals surface area contributed by atoms with Crippen molar-refractivity contribution >= 4 is 5.78 Å². The lowest BCUT2D eigenvalue weighted by molar-refractivity contribution is 0.0897. The van der Waals surface area contributed by atoms with Gasteiger partial charge in [0.15, 0.2) is 11.9 Å². The summed E-state index contributed by atoms with van der Waals surface area (Å²) in [5.41, 5.74) is 0.219. The minimum absolute atomic E-state index is 0.00699.